The minimum absolute atomic E-state index is 0.374. The molecule has 1 aromatic heterocycles. The predicted octanol–water partition coefficient (Wildman–Crippen LogP) is 1.07. The van der Waals surface area contributed by atoms with Crippen LogP contribution >= 0.6 is 0 Å². The summed E-state index contributed by atoms with van der Waals surface area (Å²) in [6, 6.07) is 1.85. The van der Waals surface area contributed by atoms with Crippen molar-refractivity contribution in [1.29, 1.82) is 0 Å². The van der Waals surface area contributed by atoms with Crippen molar-refractivity contribution in [3.8, 4) is 0 Å². The number of furan rings is 1. The van der Waals surface area contributed by atoms with E-state index in [9.17, 15) is 0 Å². The molecule has 0 bridgehead atoms. The van der Waals surface area contributed by atoms with E-state index < -0.39 is 0 Å². The third-order valence-corrected chi connectivity index (χ3v) is 1.21. The minimum atomic E-state index is 0.374. The molecule has 0 atom stereocenters. The molecule has 0 aromatic carbocycles. The van der Waals surface area contributed by atoms with Crippen LogP contribution in [0.15, 0.2) is 16.7 Å². The van der Waals surface area contributed by atoms with Crippen LogP contribution in [0, 0.1) is 6.92 Å². The Morgan fingerprint density at radius 2 is 2.56 bits per heavy atom. The summed E-state index contributed by atoms with van der Waals surface area (Å²) in [5.41, 5.74) is 3.07. The van der Waals surface area contributed by atoms with Crippen molar-refractivity contribution in [2.45, 2.75) is 13.5 Å². The van der Waals surface area contributed by atoms with Crippen LogP contribution in [0.2, 0.25) is 0 Å². The van der Waals surface area contributed by atoms with Gasteiger partial charge in [-0.2, -0.15) is 5.48 Å². The predicted molar refractivity (Wildman–Crippen MR) is 32.1 cm³/mol. The van der Waals surface area contributed by atoms with Crippen molar-refractivity contribution in [2.75, 3.05) is 0 Å². The van der Waals surface area contributed by atoms with Gasteiger partial charge in [-0.05, 0) is 18.6 Å². The van der Waals surface area contributed by atoms with Gasteiger partial charge in [0.2, 0.25) is 0 Å². The van der Waals surface area contributed by atoms with Crippen LogP contribution in [0.3, 0.4) is 0 Å². The van der Waals surface area contributed by atoms with Crippen molar-refractivity contribution in [3.05, 3.63) is 23.7 Å². The maximum Gasteiger partial charge on any atom is 0.122 e. The number of nitrogens with one attached hydrogen (secondary N) is 1. The fourth-order valence-electron chi connectivity index (χ4n) is 0.657. The van der Waals surface area contributed by atoms with E-state index in [1.807, 2.05) is 18.5 Å². The first-order chi connectivity index (χ1) is 4.34. The molecule has 0 radical (unpaired) electrons. The van der Waals surface area contributed by atoms with E-state index in [2.05, 4.69) is 0 Å². The average Bonchev–Trinajstić information content (AvgIpc) is 2.18. The summed E-state index contributed by atoms with van der Waals surface area (Å²) in [6.45, 7) is 2.30. The van der Waals surface area contributed by atoms with Gasteiger partial charge in [0, 0.05) is 0 Å². The lowest BCUT2D eigenvalue weighted by Gasteiger charge is -1.92. The number of hydrogen-bond acceptors (Lipinski definition) is 3. The summed E-state index contributed by atoms with van der Waals surface area (Å²) < 4.78 is 4.98. The quantitative estimate of drug-likeness (QED) is 0.584. The zero-order valence-electron chi connectivity index (χ0n) is 5.22. The lowest BCUT2D eigenvalue weighted by molar-refractivity contribution is 0.153. The van der Waals surface area contributed by atoms with E-state index in [4.69, 9.17) is 9.62 Å². The maximum atomic E-state index is 8.25. The topological polar surface area (TPSA) is 45.4 Å². The zero-order chi connectivity index (χ0) is 6.69. The molecule has 0 amide bonds. The molecule has 0 saturated heterocycles. The van der Waals surface area contributed by atoms with Gasteiger partial charge in [-0.25, -0.2) is 0 Å². The molecule has 2 N–H and O–H groups in total. The van der Waals surface area contributed by atoms with E-state index in [1.165, 1.54) is 0 Å². The Morgan fingerprint density at radius 3 is 3.00 bits per heavy atom. The minimum Gasteiger partial charge on any atom is -0.468 e. The summed E-state index contributed by atoms with van der Waals surface area (Å²) in [5.74, 6) is 0.775. The van der Waals surface area contributed by atoms with Crippen molar-refractivity contribution in [3.63, 3.8) is 0 Å². The van der Waals surface area contributed by atoms with Crippen LogP contribution in [0.4, 0.5) is 0 Å². The van der Waals surface area contributed by atoms with Gasteiger partial charge in [0.25, 0.3) is 0 Å². The Kier molecular flexibility index (Phi) is 1.87. The van der Waals surface area contributed by atoms with Crippen molar-refractivity contribution in [2.24, 2.45) is 0 Å². The van der Waals surface area contributed by atoms with Crippen molar-refractivity contribution < 1.29 is 9.62 Å². The van der Waals surface area contributed by atoms with Crippen LogP contribution in [-0.4, -0.2) is 5.21 Å². The van der Waals surface area contributed by atoms with E-state index in [-0.39, 0.29) is 0 Å². The molecule has 50 valence electrons. The lowest BCUT2D eigenvalue weighted by atomic mass is 10.3. The first-order valence-electron chi connectivity index (χ1n) is 2.74. The van der Waals surface area contributed by atoms with E-state index in [0.717, 1.165) is 11.3 Å². The average molecular weight is 127 g/mol. The molecule has 0 aliphatic rings. The molecule has 0 saturated carbocycles. The standard InChI is InChI=1S/C6H9NO2/c1-5-2-3-9-6(5)4-7-8/h2-3,7-8H,4H2,1H3. The first kappa shape index (κ1) is 6.32. The first-order valence-corrected chi connectivity index (χ1v) is 2.74. The summed E-state index contributed by atoms with van der Waals surface area (Å²) in [7, 11) is 0. The molecule has 9 heavy (non-hydrogen) atoms. The normalized spacial score (nSPS) is 10.0. The fraction of sp³-hybridized carbons (Fsp3) is 0.333. The van der Waals surface area contributed by atoms with Gasteiger partial charge < -0.3 is 9.62 Å². The molecule has 0 aliphatic carbocycles. The van der Waals surface area contributed by atoms with Crippen LogP contribution in [-0.2, 0) is 6.54 Å². The van der Waals surface area contributed by atoms with E-state index in [0.29, 0.717) is 6.54 Å². The van der Waals surface area contributed by atoms with Gasteiger partial charge in [-0.3, -0.25) is 0 Å². The number of hydrogen-bond donors (Lipinski definition) is 2. The van der Waals surface area contributed by atoms with Gasteiger partial charge in [0.05, 0.1) is 12.8 Å². The molecule has 0 spiro atoms. The van der Waals surface area contributed by atoms with Gasteiger partial charge in [-0.15, -0.1) is 0 Å². The maximum absolute atomic E-state index is 8.25. The molecule has 1 rings (SSSR count). The van der Waals surface area contributed by atoms with Crippen LogP contribution in [0.5, 0.6) is 0 Å². The molecule has 0 aliphatic heterocycles. The molecule has 3 heteroatoms. The van der Waals surface area contributed by atoms with Crippen LogP contribution in [0.25, 0.3) is 0 Å². The molecule has 3 nitrogen and oxygen atoms in total. The van der Waals surface area contributed by atoms with Crippen molar-refractivity contribution in [1.82, 2.24) is 5.48 Å². The highest BCUT2D eigenvalue weighted by Crippen LogP contribution is 2.06. The van der Waals surface area contributed by atoms with E-state index in [1.54, 1.807) is 6.26 Å². The summed E-state index contributed by atoms with van der Waals surface area (Å²) in [4.78, 5) is 0. The fourth-order valence-corrected chi connectivity index (χ4v) is 0.657. The highest BCUT2D eigenvalue weighted by atomic mass is 16.5. The van der Waals surface area contributed by atoms with Gasteiger partial charge in [-0.1, -0.05) is 0 Å². The monoisotopic (exact) mass is 127 g/mol. The van der Waals surface area contributed by atoms with Gasteiger partial charge in [0.1, 0.15) is 5.76 Å². The summed E-state index contributed by atoms with van der Waals surface area (Å²) in [5, 5.41) is 8.25. The molecule has 0 unspecified atom stereocenters. The molecule has 1 aromatic rings. The Hall–Kier alpha value is -0.800. The zero-order valence-corrected chi connectivity index (χ0v) is 5.22. The third-order valence-electron chi connectivity index (χ3n) is 1.21. The Balaban J connectivity index is 2.69. The smallest absolute Gasteiger partial charge is 0.122 e. The highest BCUT2D eigenvalue weighted by Gasteiger charge is 1.97. The molecular formula is C6H9NO2. The van der Waals surface area contributed by atoms with Crippen LogP contribution in [0.1, 0.15) is 11.3 Å². The van der Waals surface area contributed by atoms with Gasteiger partial charge >= 0.3 is 0 Å². The Labute approximate surface area is 53.3 Å². The lowest BCUT2D eigenvalue weighted by Crippen LogP contribution is -2.05. The van der Waals surface area contributed by atoms with Crippen molar-refractivity contribution >= 4 is 0 Å². The summed E-state index contributed by atoms with van der Waals surface area (Å²) in [6.07, 6.45) is 1.60. The third kappa shape index (κ3) is 1.31. The second kappa shape index (κ2) is 2.66. The Bertz CT molecular complexity index is 183. The Morgan fingerprint density at radius 1 is 1.78 bits per heavy atom. The number of rotatable bonds is 2. The highest BCUT2D eigenvalue weighted by molar-refractivity contribution is 5.13. The summed E-state index contributed by atoms with van der Waals surface area (Å²) >= 11 is 0. The number of aryl methyl sites for hydroxylation is 1. The second-order valence-electron chi connectivity index (χ2n) is 1.86. The molecule has 1 heterocycles. The van der Waals surface area contributed by atoms with E-state index >= 15 is 0 Å². The second-order valence-corrected chi connectivity index (χ2v) is 1.86. The molecular weight excluding hydrogens is 118 g/mol. The largest absolute Gasteiger partial charge is 0.468 e. The van der Waals surface area contributed by atoms with Crippen LogP contribution < -0.4 is 5.48 Å². The number of hydroxylamine groups is 1. The molecule has 0 fully saturated rings. The van der Waals surface area contributed by atoms with Gasteiger partial charge in [0.15, 0.2) is 0 Å². The SMILES string of the molecule is Cc1ccoc1CNO.